The van der Waals surface area contributed by atoms with Gasteiger partial charge in [0.25, 0.3) is 0 Å². The maximum absolute atomic E-state index is 10.9. The molecule has 4 nitrogen and oxygen atoms in total. The maximum Gasteiger partial charge on any atom is 0.335 e. The summed E-state index contributed by atoms with van der Waals surface area (Å²) in [7, 11) is 1.62. The van der Waals surface area contributed by atoms with Crippen LogP contribution in [-0.2, 0) is 11.3 Å². The van der Waals surface area contributed by atoms with Crippen molar-refractivity contribution in [3.63, 3.8) is 0 Å². The Kier molecular flexibility index (Phi) is 3.51. The number of thiazole rings is 1. The maximum atomic E-state index is 10.9. The fraction of sp³-hybridized carbons (Fsp3) is 0.167. The van der Waals surface area contributed by atoms with Crippen LogP contribution in [0.2, 0.25) is 0 Å². The average molecular weight is 249 g/mol. The summed E-state index contributed by atoms with van der Waals surface area (Å²) in [5, 5.41) is 11.6. The molecular formula is C12H11NO3S. The zero-order valence-corrected chi connectivity index (χ0v) is 10.0. The molecule has 0 unspecified atom stereocenters. The number of benzene rings is 1. The first kappa shape index (κ1) is 11.8. The van der Waals surface area contributed by atoms with E-state index in [1.807, 2.05) is 11.4 Å². The minimum Gasteiger partial charge on any atom is -0.478 e. The van der Waals surface area contributed by atoms with Gasteiger partial charge in [-0.2, -0.15) is 0 Å². The molecule has 0 aliphatic rings. The standard InChI is InChI=1S/C12H11NO3S/c1-16-6-10-7-17-11(13-10)8-3-2-4-9(5-8)12(14)15/h2-5,7H,6H2,1H3,(H,14,15). The van der Waals surface area contributed by atoms with Gasteiger partial charge in [-0.1, -0.05) is 12.1 Å². The predicted molar refractivity (Wildman–Crippen MR) is 65.2 cm³/mol. The van der Waals surface area contributed by atoms with E-state index in [9.17, 15) is 4.79 Å². The lowest BCUT2D eigenvalue weighted by Crippen LogP contribution is -1.95. The number of aromatic nitrogens is 1. The van der Waals surface area contributed by atoms with Gasteiger partial charge in [0.05, 0.1) is 17.9 Å². The summed E-state index contributed by atoms with van der Waals surface area (Å²) >= 11 is 1.48. The number of hydrogen-bond donors (Lipinski definition) is 1. The molecule has 1 heterocycles. The van der Waals surface area contributed by atoms with Crippen molar-refractivity contribution in [2.75, 3.05) is 7.11 Å². The molecule has 2 aromatic rings. The first-order chi connectivity index (χ1) is 8.20. The van der Waals surface area contributed by atoms with Gasteiger partial charge in [0, 0.05) is 18.1 Å². The molecule has 0 saturated carbocycles. The normalized spacial score (nSPS) is 10.4. The Morgan fingerprint density at radius 2 is 2.35 bits per heavy atom. The van der Waals surface area contributed by atoms with Crippen LogP contribution in [0.3, 0.4) is 0 Å². The second-order valence-corrected chi connectivity index (χ2v) is 4.32. The molecule has 5 heteroatoms. The lowest BCUT2D eigenvalue weighted by molar-refractivity contribution is 0.0697. The number of methoxy groups -OCH3 is 1. The number of rotatable bonds is 4. The molecule has 1 aromatic heterocycles. The minimum absolute atomic E-state index is 0.269. The molecule has 2 rings (SSSR count). The molecule has 0 atom stereocenters. The average Bonchev–Trinajstić information content (AvgIpc) is 2.78. The second kappa shape index (κ2) is 5.07. The molecule has 0 amide bonds. The van der Waals surface area contributed by atoms with Crippen molar-refractivity contribution in [2.24, 2.45) is 0 Å². The zero-order valence-electron chi connectivity index (χ0n) is 9.21. The van der Waals surface area contributed by atoms with Crippen molar-refractivity contribution in [3.8, 4) is 10.6 Å². The van der Waals surface area contributed by atoms with Crippen LogP contribution >= 0.6 is 11.3 Å². The van der Waals surface area contributed by atoms with Gasteiger partial charge in [0.15, 0.2) is 0 Å². The smallest absolute Gasteiger partial charge is 0.335 e. The van der Waals surface area contributed by atoms with Crippen LogP contribution in [0.4, 0.5) is 0 Å². The fourth-order valence-electron chi connectivity index (χ4n) is 1.44. The lowest BCUT2D eigenvalue weighted by atomic mass is 10.1. The van der Waals surface area contributed by atoms with Crippen LogP contribution in [0.1, 0.15) is 16.1 Å². The molecule has 1 aromatic carbocycles. The first-order valence-corrected chi connectivity index (χ1v) is 5.85. The largest absolute Gasteiger partial charge is 0.478 e. The second-order valence-electron chi connectivity index (χ2n) is 3.46. The van der Waals surface area contributed by atoms with E-state index in [1.54, 1.807) is 25.3 Å². The summed E-state index contributed by atoms with van der Waals surface area (Å²) in [5.74, 6) is -0.930. The molecule has 0 aliphatic carbocycles. The number of carbonyl (C=O) groups is 1. The van der Waals surface area contributed by atoms with Crippen molar-refractivity contribution < 1.29 is 14.6 Å². The van der Waals surface area contributed by atoms with E-state index in [0.29, 0.717) is 6.61 Å². The summed E-state index contributed by atoms with van der Waals surface area (Å²) in [5.41, 5.74) is 1.94. The predicted octanol–water partition coefficient (Wildman–Crippen LogP) is 2.65. The van der Waals surface area contributed by atoms with Gasteiger partial charge in [0.2, 0.25) is 0 Å². The molecular weight excluding hydrogens is 238 g/mol. The monoisotopic (exact) mass is 249 g/mol. The molecule has 17 heavy (non-hydrogen) atoms. The number of carboxylic acid groups (broad SMARTS) is 1. The molecule has 0 saturated heterocycles. The topological polar surface area (TPSA) is 59.4 Å². The molecule has 0 fully saturated rings. The van der Waals surface area contributed by atoms with Crippen LogP contribution in [-0.4, -0.2) is 23.2 Å². The van der Waals surface area contributed by atoms with E-state index in [-0.39, 0.29) is 5.56 Å². The Labute approximate surface area is 103 Å². The molecule has 0 radical (unpaired) electrons. The van der Waals surface area contributed by atoms with E-state index < -0.39 is 5.97 Å². The Morgan fingerprint density at radius 1 is 1.53 bits per heavy atom. The third-order valence-electron chi connectivity index (χ3n) is 2.20. The van der Waals surface area contributed by atoms with Gasteiger partial charge in [-0.25, -0.2) is 9.78 Å². The number of carboxylic acids is 1. The fourth-order valence-corrected chi connectivity index (χ4v) is 2.24. The molecule has 0 aliphatic heterocycles. The van der Waals surface area contributed by atoms with Crippen LogP contribution in [0.25, 0.3) is 10.6 Å². The van der Waals surface area contributed by atoms with Gasteiger partial charge in [0.1, 0.15) is 5.01 Å². The third kappa shape index (κ3) is 2.69. The van der Waals surface area contributed by atoms with Crippen molar-refractivity contribution in [2.45, 2.75) is 6.61 Å². The number of nitrogens with zero attached hydrogens (tertiary/aromatic N) is 1. The summed E-state index contributed by atoms with van der Waals surface area (Å²) in [4.78, 5) is 15.2. The lowest BCUT2D eigenvalue weighted by Gasteiger charge is -1.98. The quantitative estimate of drug-likeness (QED) is 0.905. The van der Waals surface area contributed by atoms with Crippen molar-refractivity contribution in [3.05, 3.63) is 40.9 Å². The van der Waals surface area contributed by atoms with Crippen LogP contribution in [0.15, 0.2) is 29.6 Å². The molecule has 0 spiro atoms. The van der Waals surface area contributed by atoms with E-state index in [0.717, 1.165) is 16.3 Å². The van der Waals surface area contributed by atoms with E-state index in [4.69, 9.17) is 9.84 Å². The molecule has 0 bridgehead atoms. The van der Waals surface area contributed by atoms with Gasteiger partial charge in [-0.3, -0.25) is 0 Å². The summed E-state index contributed by atoms with van der Waals surface area (Å²) in [6.07, 6.45) is 0. The highest BCUT2D eigenvalue weighted by Gasteiger charge is 2.08. The van der Waals surface area contributed by atoms with Crippen molar-refractivity contribution >= 4 is 17.3 Å². The number of aromatic carboxylic acids is 1. The minimum atomic E-state index is -0.930. The number of hydrogen-bond acceptors (Lipinski definition) is 4. The van der Waals surface area contributed by atoms with Gasteiger partial charge < -0.3 is 9.84 Å². The summed E-state index contributed by atoms with van der Waals surface area (Å²) in [6.45, 7) is 0.467. The Morgan fingerprint density at radius 3 is 3.06 bits per heavy atom. The Hall–Kier alpha value is -1.72. The van der Waals surface area contributed by atoms with Crippen molar-refractivity contribution in [1.82, 2.24) is 4.98 Å². The SMILES string of the molecule is COCc1csc(-c2cccc(C(=O)O)c2)n1. The van der Waals surface area contributed by atoms with Crippen LogP contribution in [0, 0.1) is 0 Å². The van der Waals surface area contributed by atoms with Gasteiger partial charge >= 0.3 is 5.97 Å². The van der Waals surface area contributed by atoms with E-state index in [1.165, 1.54) is 11.3 Å². The van der Waals surface area contributed by atoms with Gasteiger partial charge in [-0.15, -0.1) is 11.3 Å². The third-order valence-corrected chi connectivity index (χ3v) is 3.14. The highest BCUT2D eigenvalue weighted by molar-refractivity contribution is 7.13. The summed E-state index contributed by atoms with van der Waals surface area (Å²) < 4.78 is 4.99. The summed E-state index contributed by atoms with van der Waals surface area (Å²) in [6, 6.07) is 6.76. The van der Waals surface area contributed by atoms with Gasteiger partial charge in [-0.05, 0) is 12.1 Å². The van der Waals surface area contributed by atoms with Crippen LogP contribution in [0.5, 0.6) is 0 Å². The highest BCUT2D eigenvalue weighted by Crippen LogP contribution is 2.24. The molecule has 1 N–H and O–H groups in total. The first-order valence-electron chi connectivity index (χ1n) is 4.98. The Bertz CT molecular complexity index is 536. The zero-order chi connectivity index (χ0) is 12.3. The van der Waals surface area contributed by atoms with Crippen molar-refractivity contribution in [1.29, 1.82) is 0 Å². The van der Waals surface area contributed by atoms with E-state index in [2.05, 4.69) is 4.98 Å². The number of ether oxygens (including phenoxy) is 1. The molecule has 88 valence electrons. The Balaban J connectivity index is 2.32. The van der Waals surface area contributed by atoms with Crippen LogP contribution < -0.4 is 0 Å². The highest BCUT2D eigenvalue weighted by atomic mass is 32.1. The van der Waals surface area contributed by atoms with E-state index >= 15 is 0 Å².